The number of thioether (sulfide) groups is 1. The van der Waals surface area contributed by atoms with Gasteiger partial charge in [0.1, 0.15) is 0 Å². The number of carboxylic acid groups (broad SMARTS) is 1. The smallest absolute Gasteiger partial charge is 0.480 e. The third-order valence-electron chi connectivity index (χ3n) is 7.06. The van der Waals surface area contributed by atoms with Crippen LogP contribution in [0.5, 0.6) is 0 Å². The Morgan fingerprint density at radius 1 is 0.950 bits per heavy atom. The SMILES string of the molecule is N[C@@H](CSC1CC(=O)N(CCP(Br)(c2ccccc2)(c2ccccc2)c2ccccc2)C1=O)C(=O)NCC(=O)O. The van der Waals surface area contributed by atoms with Crippen LogP contribution in [0.4, 0.5) is 0 Å². The van der Waals surface area contributed by atoms with Gasteiger partial charge in [-0.3, -0.25) is 4.79 Å². The van der Waals surface area contributed by atoms with Gasteiger partial charge in [0.2, 0.25) is 0 Å². The fraction of sp³-hybridized carbons (Fsp3) is 0.241. The van der Waals surface area contributed by atoms with Crippen LogP contribution in [0.15, 0.2) is 91.0 Å². The van der Waals surface area contributed by atoms with E-state index in [2.05, 4.69) is 57.2 Å². The van der Waals surface area contributed by atoms with Crippen LogP contribution in [0.1, 0.15) is 6.42 Å². The fourth-order valence-electron chi connectivity index (χ4n) is 4.95. The van der Waals surface area contributed by atoms with E-state index in [9.17, 15) is 19.2 Å². The van der Waals surface area contributed by atoms with Crippen LogP contribution in [0.2, 0.25) is 0 Å². The van der Waals surface area contributed by atoms with Gasteiger partial charge in [-0.05, 0) is 0 Å². The molecule has 1 aliphatic heterocycles. The molecule has 1 aliphatic rings. The number of carbonyl (C=O) groups excluding carboxylic acids is 3. The molecule has 8 nitrogen and oxygen atoms in total. The van der Waals surface area contributed by atoms with Crippen molar-refractivity contribution in [2.45, 2.75) is 17.7 Å². The first-order valence-corrected chi connectivity index (χ1v) is 18.2. The molecule has 1 unspecified atom stereocenters. The first kappa shape index (κ1) is 29.9. The molecule has 1 saturated heterocycles. The topological polar surface area (TPSA) is 130 Å². The van der Waals surface area contributed by atoms with Gasteiger partial charge in [0.25, 0.3) is 0 Å². The van der Waals surface area contributed by atoms with Gasteiger partial charge in [0, 0.05) is 0 Å². The number of aliphatic carboxylic acids is 1. The molecule has 210 valence electrons. The summed E-state index contributed by atoms with van der Waals surface area (Å²) in [4.78, 5) is 50.6. The molecule has 3 aromatic rings. The summed E-state index contributed by atoms with van der Waals surface area (Å²) < 4.78 is 0. The van der Waals surface area contributed by atoms with Crippen LogP contribution in [0.3, 0.4) is 0 Å². The van der Waals surface area contributed by atoms with Crippen LogP contribution in [0.25, 0.3) is 0 Å². The van der Waals surface area contributed by atoms with Crippen molar-refractivity contribution in [2.24, 2.45) is 5.73 Å². The number of likely N-dealkylation sites (tertiary alicyclic amines) is 1. The minimum absolute atomic E-state index is 0.0210. The Morgan fingerprint density at radius 3 is 1.88 bits per heavy atom. The maximum absolute atomic E-state index is 13.4. The minimum atomic E-state index is -3.32. The summed E-state index contributed by atoms with van der Waals surface area (Å²) in [5.74, 6) is -2.28. The molecule has 2 atom stereocenters. The Balaban J connectivity index is 1.59. The van der Waals surface area contributed by atoms with Gasteiger partial charge in [0.05, 0.1) is 0 Å². The summed E-state index contributed by atoms with van der Waals surface area (Å²) in [6.45, 7) is -0.323. The molecule has 0 aliphatic carbocycles. The second-order valence-corrected chi connectivity index (χ2v) is 19.8. The van der Waals surface area contributed by atoms with Gasteiger partial charge < -0.3 is 5.11 Å². The molecular formula is C29H31BrN3O5PS. The van der Waals surface area contributed by atoms with Crippen molar-refractivity contribution >= 4 is 72.2 Å². The summed E-state index contributed by atoms with van der Waals surface area (Å²) in [6.07, 6.45) is 0.517. The zero-order valence-corrected chi connectivity index (χ0v) is 25.0. The Kier molecular flexibility index (Phi) is 9.46. The Hall–Kier alpha value is -3.04. The number of hydrogen-bond donors (Lipinski definition) is 3. The van der Waals surface area contributed by atoms with Crippen molar-refractivity contribution in [1.29, 1.82) is 0 Å². The number of carboxylic acids is 1. The van der Waals surface area contributed by atoms with Gasteiger partial charge in [-0.2, -0.15) is 0 Å². The van der Waals surface area contributed by atoms with Crippen LogP contribution in [0, 0.1) is 0 Å². The van der Waals surface area contributed by atoms with E-state index in [4.69, 9.17) is 10.8 Å². The van der Waals surface area contributed by atoms with Crippen molar-refractivity contribution in [2.75, 3.05) is 25.0 Å². The van der Waals surface area contributed by atoms with E-state index in [1.54, 1.807) is 0 Å². The third kappa shape index (κ3) is 6.00. The number of nitrogens with one attached hydrogen (secondary N) is 1. The Labute approximate surface area is 245 Å². The summed E-state index contributed by atoms with van der Waals surface area (Å²) >= 11 is 5.49. The molecule has 3 aromatic carbocycles. The van der Waals surface area contributed by atoms with Gasteiger partial charge in [-0.1, -0.05) is 0 Å². The van der Waals surface area contributed by atoms with Gasteiger partial charge in [-0.15, -0.1) is 0 Å². The van der Waals surface area contributed by atoms with E-state index in [1.165, 1.54) is 4.90 Å². The summed E-state index contributed by atoms with van der Waals surface area (Å²) in [5, 5.41) is 10.3. The Morgan fingerprint density at radius 2 is 1.43 bits per heavy atom. The van der Waals surface area contributed by atoms with Crippen LogP contribution >= 0.6 is 32.6 Å². The molecule has 4 rings (SSSR count). The molecule has 11 heteroatoms. The van der Waals surface area contributed by atoms with E-state index in [0.29, 0.717) is 6.16 Å². The van der Waals surface area contributed by atoms with Crippen molar-refractivity contribution < 1.29 is 24.3 Å². The average molecular weight is 645 g/mol. The second-order valence-electron chi connectivity index (χ2n) is 9.54. The molecule has 1 fully saturated rings. The number of nitrogens with two attached hydrogens (primary N) is 1. The molecule has 0 bridgehead atoms. The Bertz CT molecular complexity index is 1280. The van der Waals surface area contributed by atoms with Crippen LogP contribution in [-0.2, 0) is 19.2 Å². The number of benzene rings is 3. The van der Waals surface area contributed by atoms with E-state index in [1.807, 2.05) is 54.6 Å². The normalized spacial score (nSPS) is 17.2. The first-order valence-electron chi connectivity index (χ1n) is 12.8. The number of hydrogen-bond acceptors (Lipinski definition) is 6. The van der Waals surface area contributed by atoms with Crippen LogP contribution < -0.4 is 27.0 Å². The van der Waals surface area contributed by atoms with Crippen molar-refractivity contribution in [3.63, 3.8) is 0 Å². The number of rotatable bonds is 12. The van der Waals surface area contributed by atoms with E-state index in [-0.39, 0.29) is 30.5 Å². The molecular weight excluding hydrogens is 613 g/mol. The fourth-order valence-corrected chi connectivity index (χ4v) is 13.3. The molecule has 0 spiro atoms. The number of carbonyl (C=O) groups is 4. The zero-order valence-electron chi connectivity index (χ0n) is 21.7. The first-order chi connectivity index (χ1) is 19.1. The molecule has 1 heterocycles. The quantitative estimate of drug-likeness (QED) is 0.204. The standard InChI is InChI=1S/C29H31BrN3O5PS/c30-39(21-10-4-1-5-11-21,22-12-6-2-7-13-22,23-14-8-3-9-15-23)17-16-33-26(34)18-25(29(33)38)40-20-24(31)28(37)32-19-27(35)36/h1-15,24-25H,16-20,31H2,(H,32,37)(H,35,36)/t24-,25?/m0/s1. The van der Waals surface area contributed by atoms with Crippen molar-refractivity contribution in [3.05, 3.63) is 91.0 Å². The van der Waals surface area contributed by atoms with Gasteiger partial charge in [0.15, 0.2) is 0 Å². The van der Waals surface area contributed by atoms with Crippen molar-refractivity contribution in [1.82, 2.24) is 10.2 Å². The van der Waals surface area contributed by atoms with E-state index < -0.39 is 35.0 Å². The zero-order chi connectivity index (χ0) is 28.8. The average Bonchev–Trinajstić information content (AvgIpc) is 3.26. The van der Waals surface area contributed by atoms with E-state index in [0.717, 1.165) is 27.7 Å². The number of nitrogens with zero attached hydrogens (tertiary/aromatic N) is 1. The third-order valence-corrected chi connectivity index (χ3v) is 18.3. The van der Waals surface area contributed by atoms with Gasteiger partial charge in [-0.25, -0.2) is 0 Å². The van der Waals surface area contributed by atoms with Gasteiger partial charge >= 0.3 is 236 Å². The molecule has 4 N–H and O–H groups in total. The van der Waals surface area contributed by atoms with Crippen molar-refractivity contribution in [3.8, 4) is 0 Å². The summed E-state index contributed by atoms with van der Waals surface area (Å²) in [6, 6.07) is 29.5. The number of amides is 3. The maximum atomic E-state index is 13.4. The molecule has 3 amide bonds. The summed E-state index contributed by atoms with van der Waals surface area (Å²) in [7, 11) is 0. The predicted octanol–water partition coefficient (Wildman–Crippen LogP) is 2.21. The minimum Gasteiger partial charge on any atom is -0.480 e. The van der Waals surface area contributed by atoms with E-state index >= 15 is 0 Å². The monoisotopic (exact) mass is 643 g/mol. The summed E-state index contributed by atoms with van der Waals surface area (Å²) in [5.41, 5.74) is 5.89. The molecule has 0 saturated carbocycles. The van der Waals surface area contributed by atoms with Crippen LogP contribution in [-0.4, -0.2) is 70.0 Å². The molecule has 40 heavy (non-hydrogen) atoms. The number of halogens is 1. The number of imide groups is 1. The molecule has 0 radical (unpaired) electrons. The second kappa shape index (κ2) is 12.6. The predicted molar refractivity (Wildman–Crippen MR) is 165 cm³/mol. The molecule has 0 aromatic heterocycles.